The molecule has 0 spiro atoms. The van der Waals surface area contributed by atoms with E-state index in [1.165, 1.54) is 59.4 Å². The summed E-state index contributed by atoms with van der Waals surface area (Å²) in [6, 6.07) is 13.5. The number of aliphatic imine (C=N–C) groups is 2. The van der Waals surface area contributed by atoms with Crippen molar-refractivity contribution in [2.45, 2.75) is 112 Å². The van der Waals surface area contributed by atoms with Gasteiger partial charge in [0.05, 0.1) is 22.8 Å². The van der Waals surface area contributed by atoms with Crippen LogP contribution in [-0.4, -0.2) is 11.4 Å². The highest BCUT2D eigenvalue weighted by Crippen LogP contribution is 2.24. The summed E-state index contributed by atoms with van der Waals surface area (Å²) >= 11 is 0. The van der Waals surface area contributed by atoms with Gasteiger partial charge in [-0.1, -0.05) is 72.9 Å². The largest absolute Gasteiger partial charge is 0.252 e. The van der Waals surface area contributed by atoms with Gasteiger partial charge in [-0.15, -0.1) is 0 Å². The Kier molecular flexibility index (Phi) is 12.1. The van der Waals surface area contributed by atoms with Gasteiger partial charge in [-0.25, -0.2) is 0 Å². The summed E-state index contributed by atoms with van der Waals surface area (Å²) < 4.78 is 0. The number of hydrogen-bond donors (Lipinski definition) is 0. The number of rotatable bonds is 14. The van der Waals surface area contributed by atoms with Crippen molar-refractivity contribution in [1.82, 2.24) is 0 Å². The van der Waals surface area contributed by atoms with Crippen LogP contribution in [0.1, 0.15) is 109 Å². The molecule has 2 aromatic carbocycles. The van der Waals surface area contributed by atoms with Crippen molar-refractivity contribution in [3.8, 4) is 0 Å². The molecule has 0 heterocycles. The molecule has 180 valence electrons. The van der Waals surface area contributed by atoms with E-state index < -0.39 is 0 Å². The Bertz CT molecular complexity index is 921. The Morgan fingerprint density at radius 2 is 0.939 bits per heavy atom. The topological polar surface area (TPSA) is 24.7 Å². The van der Waals surface area contributed by atoms with Crippen molar-refractivity contribution in [3.05, 3.63) is 58.7 Å². The summed E-state index contributed by atoms with van der Waals surface area (Å²) in [5.41, 5.74) is 10.2. The highest BCUT2D eigenvalue weighted by Gasteiger charge is 2.12. The van der Waals surface area contributed by atoms with Crippen molar-refractivity contribution in [1.29, 1.82) is 0 Å². The maximum Gasteiger partial charge on any atom is 0.0636 e. The first-order chi connectivity index (χ1) is 16.1. The van der Waals surface area contributed by atoms with Gasteiger partial charge in [-0.3, -0.25) is 9.98 Å². The van der Waals surface area contributed by atoms with Crippen LogP contribution in [0.3, 0.4) is 0 Å². The summed E-state index contributed by atoms with van der Waals surface area (Å²) in [4.78, 5) is 10.4. The molecule has 2 rings (SSSR count). The van der Waals surface area contributed by atoms with Crippen LogP contribution in [0.2, 0.25) is 0 Å². The van der Waals surface area contributed by atoms with Crippen LogP contribution < -0.4 is 0 Å². The van der Waals surface area contributed by atoms with Gasteiger partial charge in [0.1, 0.15) is 0 Å². The average Bonchev–Trinajstić information content (AvgIpc) is 2.85. The van der Waals surface area contributed by atoms with Gasteiger partial charge in [0.15, 0.2) is 0 Å². The highest BCUT2D eigenvalue weighted by molar-refractivity contribution is 6.43. The first-order valence-corrected chi connectivity index (χ1v) is 13.5. The Hall–Kier alpha value is -2.22. The van der Waals surface area contributed by atoms with Gasteiger partial charge in [0, 0.05) is 0 Å². The molecule has 0 saturated carbocycles. The standard InChI is InChI=1S/C31H46N2/c1-7-13-15-17-31(33-29-21-19-25(10-4)27(12-6)23-29)30(16-14-8-2)32-28-20-18-24(9-3)26(11-5)22-28/h18-23H,7-17H2,1-6H3. The molecule has 0 amide bonds. The van der Waals surface area contributed by atoms with E-state index in [-0.39, 0.29) is 0 Å². The lowest BCUT2D eigenvalue weighted by Gasteiger charge is -2.13. The van der Waals surface area contributed by atoms with Crippen LogP contribution in [0.4, 0.5) is 11.4 Å². The fourth-order valence-electron chi connectivity index (χ4n) is 4.44. The first-order valence-electron chi connectivity index (χ1n) is 13.5. The van der Waals surface area contributed by atoms with Crippen molar-refractivity contribution >= 4 is 22.8 Å². The number of unbranched alkanes of at least 4 members (excludes halogenated alkanes) is 3. The van der Waals surface area contributed by atoms with E-state index >= 15 is 0 Å². The van der Waals surface area contributed by atoms with Gasteiger partial charge >= 0.3 is 0 Å². The summed E-state index contributed by atoms with van der Waals surface area (Å²) in [6.07, 6.45) is 12.2. The first kappa shape index (κ1) is 27.0. The Morgan fingerprint density at radius 3 is 1.33 bits per heavy atom. The minimum absolute atomic E-state index is 0.992. The molecule has 0 N–H and O–H groups in total. The van der Waals surface area contributed by atoms with Crippen molar-refractivity contribution < 1.29 is 0 Å². The Labute approximate surface area is 203 Å². The Balaban J connectivity index is 2.53. The third-order valence-electron chi connectivity index (χ3n) is 6.55. The number of nitrogens with zero attached hydrogens (tertiary/aromatic N) is 2. The van der Waals surface area contributed by atoms with Crippen LogP contribution in [0.5, 0.6) is 0 Å². The third kappa shape index (κ3) is 8.25. The molecule has 0 bridgehead atoms. The molecular weight excluding hydrogens is 400 g/mol. The van der Waals surface area contributed by atoms with Crippen molar-refractivity contribution in [2.24, 2.45) is 9.98 Å². The molecule has 0 aromatic heterocycles. The molecule has 0 aliphatic carbocycles. The van der Waals surface area contributed by atoms with E-state index in [0.29, 0.717) is 0 Å². The van der Waals surface area contributed by atoms with E-state index in [0.717, 1.165) is 56.3 Å². The lowest BCUT2D eigenvalue weighted by molar-refractivity contribution is 0.742. The van der Waals surface area contributed by atoms with Gasteiger partial charge in [0.25, 0.3) is 0 Å². The van der Waals surface area contributed by atoms with E-state index in [9.17, 15) is 0 Å². The number of aryl methyl sites for hydroxylation is 4. The molecule has 2 heteroatoms. The van der Waals surface area contributed by atoms with Crippen LogP contribution in [0.15, 0.2) is 46.4 Å². The van der Waals surface area contributed by atoms with E-state index in [4.69, 9.17) is 9.98 Å². The van der Waals surface area contributed by atoms with Gasteiger partial charge < -0.3 is 0 Å². The summed E-state index contributed by atoms with van der Waals surface area (Å²) in [7, 11) is 0. The van der Waals surface area contributed by atoms with Crippen LogP contribution in [-0.2, 0) is 25.7 Å². The molecule has 0 saturated heterocycles. The quantitative estimate of drug-likeness (QED) is 0.204. The number of hydrogen-bond acceptors (Lipinski definition) is 2. The summed E-state index contributed by atoms with van der Waals surface area (Å²) in [6.45, 7) is 13.5. The zero-order valence-corrected chi connectivity index (χ0v) is 22.1. The van der Waals surface area contributed by atoms with E-state index in [1.807, 2.05) is 0 Å². The van der Waals surface area contributed by atoms with Gasteiger partial charge in [0.2, 0.25) is 0 Å². The average molecular weight is 447 g/mol. The molecule has 0 aliphatic heterocycles. The van der Waals surface area contributed by atoms with Crippen LogP contribution >= 0.6 is 0 Å². The SMILES string of the molecule is CCCCCC(=Nc1ccc(CC)c(CC)c1)C(CCCC)=Nc1ccc(CC)c(CC)c1. The molecule has 2 nitrogen and oxygen atoms in total. The number of benzene rings is 2. The molecule has 0 atom stereocenters. The monoisotopic (exact) mass is 446 g/mol. The smallest absolute Gasteiger partial charge is 0.0636 e. The lowest BCUT2D eigenvalue weighted by atomic mass is 10.00. The molecule has 0 fully saturated rings. The minimum atomic E-state index is 0.992. The fraction of sp³-hybridized carbons (Fsp3) is 0.548. The molecule has 2 aromatic rings. The molecule has 0 unspecified atom stereocenters. The molecule has 0 aliphatic rings. The zero-order valence-electron chi connectivity index (χ0n) is 22.1. The summed E-state index contributed by atoms with van der Waals surface area (Å²) in [5.74, 6) is 0. The zero-order chi connectivity index (χ0) is 24.1. The molecular formula is C31H46N2. The normalized spacial score (nSPS) is 12.4. The van der Waals surface area contributed by atoms with E-state index in [2.05, 4.69) is 77.9 Å². The minimum Gasteiger partial charge on any atom is -0.252 e. The van der Waals surface area contributed by atoms with Crippen molar-refractivity contribution in [2.75, 3.05) is 0 Å². The molecule has 0 radical (unpaired) electrons. The van der Waals surface area contributed by atoms with Crippen LogP contribution in [0.25, 0.3) is 0 Å². The van der Waals surface area contributed by atoms with Gasteiger partial charge in [-0.05, 0) is 97.9 Å². The molecule has 33 heavy (non-hydrogen) atoms. The van der Waals surface area contributed by atoms with Gasteiger partial charge in [-0.2, -0.15) is 0 Å². The van der Waals surface area contributed by atoms with Crippen LogP contribution in [0, 0.1) is 0 Å². The van der Waals surface area contributed by atoms with Crippen molar-refractivity contribution in [3.63, 3.8) is 0 Å². The highest BCUT2D eigenvalue weighted by atomic mass is 14.8. The Morgan fingerprint density at radius 1 is 0.515 bits per heavy atom. The van der Waals surface area contributed by atoms with E-state index in [1.54, 1.807) is 0 Å². The predicted molar refractivity (Wildman–Crippen MR) is 148 cm³/mol. The second kappa shape index (κ2) is 14.8. The summed E-state index contributed by atoms with van der Waals surface area (Å²) in [5, 5.41) is 0. The maximum atomic E-state index is 5.23. The lowest BCUT2D eigenvalue weighted by Crippen LogP contribution is -2.14. The third-order valence-corrected chi connectivity index (χ3v) is 6.55. The maximum absolute atomic E-state index is 5.23. The predicted octanol–water partition coefficient (Wildman–Crippen LogP) is 9.55. The second-order valence-electron chi connectivity index (χ2n) is 9.00. The fourth-order valence-corrected chi connectivity index (χ4v) is 4.44. The second-order valence-corrected chi connectivity index (χ2v) is 9.00.